The molecule has 1 aromatic carbocycles. The molecule has 4 saturated carbocycles. The van der Waals surface area contributed by atoms with Crippen molar-refractivity contribution in [3.63, 3.8) is 0 Å². The van der Waals surface area contributed by atoms with Gasteiger partial charge in [0.1, 0.15) is 11.6 Å². The fourth-order valence-corrected chi connectivity index (χ4v) is 7.68. The smallest absolute Gasteiger partial charge is 0.329 e. The minimum atomic E-state index is -0.847. The number of Topliss-reactive ketones (excluding diaryl/α,β-unsaturated/α-hetero) is 1. The third kappa shape index (κ3) is 3.47. The van der Waals surface area contributed by atoms with Crippen LogP contribution in [0.3, 0.4) is 0 Å². The lowest BCUT2D eigenvalue weighted by atomic mass is 9.49. The summed E-state index contributed by atoms with van der Waals surface area (Å²) in [4.78, 5) is 41.1. The summed E-state index contributed by atoms with van der Waals surface area (Å²) in [5, 5.41) is 11.2. The SMILES string of the molecule is Cc1c(C(=O)COC(=O)C2CC(O)CN2C(=O)C23CC4CC(CC(C4)C2)C3)oc2ccccc12. The summed E-state index contributed by atoms with van der Waals surface area (Å²) in [5.74, 6) is 0.969. The number of aliphatic hydroxyl groups is 1. The Morgan fingerprint density at radius 3 is 2.35 bits per heavy atom. The number of esters is 1. The van der Waals surface area contributed by atoms with Crippen molar-refractivity contribution in [1.29, 1.82) is 0 Å². The van der Waals surface area contributed by atoms with Crippen molar-refractivity contribution in [2.24, 2.45) is 23.2 Å². The molecule has 1 N–H and O–H groups in total. The average Bonchev–Trinajstić information content (AvgIpc) is 3.36. The molecule has 1 amide bonds. The third-order valence-electron chi connectivity index (χ3n) is 8.75. The summed E-state index contributed by atoms with van der Waals surface area (Å²) in [6.07, 6.45) is 5.76. The number of furan rings is 1. The number of nitrogens with zero attached hydrogens (tertiary/aromatic N) is 1. The number of ketones is 1. The molecule has 2 aromatic rings. The van der Waals surface area contributed by atoms with Crippen LogP contribution >= 0.6 is 0 Å². The molecular formula is C27H31NO6. The molecule has 2 heterocycles. The van der Waals surface area contributed by atoms with E-state index < -0.39 is 35.9 Å². The van der Waals surface area contributed by atoms with Gasteiger partial charge in [-0.05, 0) is 69.3 Å². The lowest BCUT2D eigenvalue weighted by Crippen LogP contribution is -2.56. The zero-order valence-electron chi connectivity index (χ0n) is 19.5. The van der Waals surface area contributed by atoms with Crippen molar-refractivity contribution in [1.82, 2.24) is 4.90 Å². The molecule has 1 saturated heterocycles. The fourth-order valence-electron chi connectivity index (χ4n) is 7.68. The molecule has 1 aliphatic heterocycles. The van der Waals surface area contributed by atoms with E-state index in [-0.39, 0.29) is 24.6 Å². The Kier molecular flexibility index (Phi) is 5.10. The van der Waals surface area contributed by atoms with E-state index in [1.165, 1.54) is 19.3 Å². The summed E-state index contributed by atoms with van der Waals surface area (Å²) in [6, 6.07) is 6.53. The second-order valence-electron chi connectivity index (χ2n) is 11.1. The standard InChI is InChI=1S/C27H31NO6/c1-15-20-4-2-3-5-23(20)34-24(15)22(30)14-33-25(31)21-9-19(29)13-28(21)26(32)27-10-16-6-17(11-27)8-18(7-16)12-27/h2-5,16-19,21,29H,6-14H2,1H3. The van der Waals surface area contributed by atoms with Crippen molar-refractivity contribution in [3.05, 3.63) is 35.6 Å². The molecule has 180 valence electrons. The van der Waals surface area contributed by atoms with Gasteiger partial charge in [-0.3, -0.25) is 9.59 Å². The summed E-state index contributed by atoms with van der Waals surface area (Å²) in [5.41, 5.74) is 0.936. The molecule has 2 unspecified atom stereocenters. The Bertz CT molecular complexity index is 1130. The molecule has 5 aliphatic rings. The molecule has 7 rings (SSSR count). The van der Waals surface area contributed by atoms with Gasteiger partial charge in [-0.15, -0.1) is 0 Å². The Balaban J connectivity index is 1.15. The number of benzene rings is 1. The van der Waals surface area contributed by atoms with Gasteiger partial charge in [-0.1, -0.05) is 18.2 Å². The summed E-state index contributed by atoms with van der Waals surface area (Å²) in [6.45, 7) is 1.50. The quantitative estimate of drug-likeness (QED) is 0.535. The monoisotopic (exact) mass is 465 g/mol. The van der Waals surface area contributed by atoms with Gasteiger partial charge >= 0.3 is 5.97 Å². The number of aliphatic hydroxyl groups excluding tert-OH is 1. The Morgan fingerprint density at radius 2 is 1.71 bits per heavy atom. The van der Waals surface area contributed by atoms with Crippen LogP contribution in [0.15, 0.2) is 28.7 Å². The van der Waals surface area contributed by atoms with Gasteiger partial charge in [-0.2, -0.15) is 0 Å². The number of likely N-dealkylation sites (tertiary alicyclic amines) is 1. The summed E-state index contributed by atoms with van der Waals surface area (Å²) in [7, 11) is 0. The number of β-amino-alcohol motifs (C(OH)–C–C–N with tert-alkyl or cyclic N) is 1. The molecule has 7 nitrogen and oxygen atoms in total. The van der Waals surface area contributed by atoms with Crippen LogP contribution in [-0.4, -0.2) is 53.0 Å². The Morgan fingerprint density at radius 1 is 1.06 bits per heavy atom. The number of aryl methyl sites for hydroxylation is 1. The van der Waals surface area contributed by atoms with E-state index in [1.54, 1.807) is 17.9 Å². The predicted molar refractivity (Wildman–Crippen MR) is 123 cm³/mol. The van der Waals surface area contributed by atoms with Gasteiger partial charge in [-0.25, -0.2) is 4.79 Å². The maximum Gasteiger partial charge on any atom is 0.329 e. The highest BCUT2D eigenvalue weighted by Gasteiger charge is 2.57. The Hall–Kier alpha value is -2.67. The maximum absolute atomic E-state index is 13.8. The number of carbonyl (C=O) groups is 3. The largest absolute Gasteiger partial charge is 0.456 e. The molecule has 4 bridgehead atoms. The van der Waals surface area contributed by atoms with E-state index in [1.807, 2.05) is 18.2 Å². The molecule has 0 spiro atoms. The van der Waals surface area contributed by atoms with E-state index in [9.17, 15) is 19.5 Å². The molecule has 5 fully saturated rings. The first-order valence-corrected chi connectivity index (χ1v) is 12.5. The molecular weight excluding hydrogens is 434 g/mol. The zero-order valence-corrected chi connectivity index (χ0v) is 19.5. The van der Waals surface area contributed by atoms with Crippen LogP contribution in [0, 0.1) is 30.1 Å². The number of hydrogen-bond donors (Lipinski definition) is 1. The van der Waals surface area contributed by atoms with Crippen LogP contribution in [0.25, 0.3) is 11.0 Å². The van der Waals surface area contributed by atoms with Crippen molar-refractivity contribution in [3.8, 4) is 0 Å². The zero-order chi connectivity index (χ0) is 23.6. The van der Waals surface area contributed by atoms with Crippen LogP contribution in [0.1, 0.15) is 61.1 Å². The summed E-state index contributed by atoms with van der Waals surface area (Å²) >= 11 is 0. The number of para-hydroxylation sites is 1. The predicted octanol–water partition coefficient (Wildman–Crippen LogP) is 3.65. The van der Waals surface area contributed by atoms with Crippen molar-refractivity contribution in [2.75, 3.05) is 13.2 Å². The van der Waals surface area contributed by atoms with Gasteiger partial charge in [0.25, 0.3) is 0 Å². The van der Waals surface area contributed by atoms with E-state index >= 15 is 0 Å². The second-order valence-corrected chi connectivity index (χ2v) is 11.1. The lowest BCUT2D eigenvalue weighted by molar-refractivity contribution is -0.165. The van der Waals surface area contributed by atoms with Crippen LogP contribution in [0.5, 0.6) is 0 Å². The highest BCUT2D eigenvalue weighted by molar-refractivity contribution is 6.01. The molecule has 34 heavy (non-hydrogen) atoms. The normalized spacial score (nSPS) is 34.1. The van der Waals surface area contributed by atoms with Crippen LogP contribution in [-0.2, 0) is 14.3 Å². The number of carbonyl (C=O) groups excluding carboxylic acids is 3. The van der Waals surface area contributed by atoms with Crippen LogP contribution in [0.4, 0.5) is 0 Å². The van der Waals surface area contributed by atoms with Gasteiger partial charge in [0, 0.05) is 23.9 Å². The average molecular weight is 466 g/mol. The van der Waals surface area contributed by atoms with Crippen LogP contribution in [0.2, 0.25) is 0 Å². The number of ether oxygens (including phenoxy) is 1. The van der Waals surface area contributed by atoms with Gasteiger partial charge in [0.15, 0.2) is 12.4 Å². The first-order valence-electron chi connectivity index (χ1n) is 12.5. The van der Waals surface area contributed by atoms with E-state index in [4.69, 9.17) is 9.15 Å². The maximum atomic E-state index is 13.8. The van der Waals surface area contributed by atoms with E-state index in [0.29, 0.717) is 28.9 Å². The molecule has 7 heteroatoms. The third-order valence-corrected chi connectivity index (χ3v) is 8.75. The highest BCUT2D eigenvalue weighted by atomic mass is 16.5. The fraction of sp³-hybridized carbons (Fsp3) is 0.593. The van der Waals surface area contributed by atoms with E-state index in [2.05, 4.69) is 0 Å². The first-order chi connectivity index (χ1) is 16.3. The molecule has 0 radical (unpaired) electrons. The van der Waals surface area contributed by atoms with E-state index in [0.717, 1.165) is 24.6 Å². The number of amides is 1. The lowest BCUT2D eigenvalue weighted by Gasteiger charge is -2.56. The number of rotatable bonds is 5. The minimum Gasteiger partial charge on any atom is -0.456 e. The van der Waals surface area contributed by atoms with Gasteiger partial charge < -0.3 is 19.2 Å². The molecule has 1 aromatic heterocycles. The van der Waals surface area contributed by atoms with Gasteiger partial charge in [0.05, 0.1) is 11.5 Å². The number of fused-ring (bicyclic) bond motifs is 1. The first kappa shape index (κ1) is 21.8. The number of hydrogen-bond acceptors (Lipinski definition) is 6. The van der Waals surface area contributed by atoms with Crippen molar-refractivity contribution < 1.29 is 28.6 Å². The topological polar surface area (TPSA) is 97.0 Å². The second kappa shape index (κ2) is 7.94. The molecule has 2 atom stereocenters. The molecule has 4 aliphatic carbocycles. The minimum absolute atomic E-state index is 0.00422. The van der Waals surface area contributed by atoms with Gasteiger partial charge in [0.2, 0.25) is 11.7 Å². The van der Waals surface area contributed by atoms with Crippen molar-refractivity contribution in [2.45, 2.75) is 64.0 Å². The highest BCUT2D eigenvalue weighted by Crippen LogP contribution is 2.60. The summed E-state index contributed by atoms with van der Waals surface area (Å²) < 4.78 is 11.1. The Labute approximate surface area is 198 Å². The van der Waals surface area contributed by atoms with Crippen molar-refractivity contribution >= 4 is 28.6 Å². The van der Waals surface area contributed by atoms with Crippen LogP contribution < -0.4 is 0 Å².